The van der Waals surface area contributed by atoms with Gasteiger partial charge in [-0.3, -0.25) is 14.1 Å². The number of pyridine rings is 1. The summed E-state index contributed by atoms with van der Waals surface area (Å²) >= 11 is 0. The summed E-state index contributed by atoms with van der Waals surface area (Å²) in [7, 11) is -0.452. The van der Waals surface area contributed by atoms with Crippen LogP contribution < -0.4 is 9.04 Å². The number of likely N-dealkylation sites (N-methyl/N-ethyl adjacent to an activating group) is 1. The Bertz CT molecular complexity index is 841. The Morgan fingerprint density at radius 1 is 1.19 bits per heavy atom. The van der Waals surface area contributed by atoms with Gasteiger partial charge in [0.2, 0.25) is 15.9 Å². The highest BCUT2D eigenvalue weighted by atomic mass is 32.2. The van der Waals surface area contributed by atoms with Crippen molar-refractivity contribution >= 4 is 21.6 Å². The van der Waals surface area contributed by atoms with Crippen molar-refractivity contribution in [3.8, 4) is 5.75 Å². The lowest BCUT2D eigenvalue weighted by molar-refractivity contribution is -0.128. The number of amides is 1. The first-order valence-electron chi connectivity index (χ1n) is 8.06. The van der Waals surface area contributed by atoms with E-state index >= 15 is 0 Å². The molecule has 8 heteroatoms. The van der Waals surface area contributed by atoms with Crippen LogP contribution in [0.5, 0.6) is 5.75 Å². The zero-order valence-corrected chi connectivity index (χ0v) is 15.9. The van der Waals surface area contributed by atoms with Crippen LogP contribution in [0.4, 0.5) is 5.69 Å². The van der Waals surface area contributed by atoms with E-state index in [1.165, 1.54) is 12.0 Å². The molecule has 7 nitrogen and oxygen atoms in total. The summed E-state index contributed by atoms with van der Waals surface area (Å²) in [6.45, 7) is 0.220. The summed E-state index contributed by atoms with van der Waals surface area (Å²) in [6, 6.07) is 10.4. The Morgan fingerprint density at radius 2 is 1.88 bits per heavy atom. The third-order valence-corrected chi connectivity index (χ3v) is 5.07. The van der Waals surface area contributed by atoms with Gasteiger partial charge >= 0.3 is 0 Å². The Balaban J connectivity index is 2.08. The minimum atomic E-state index is -3.62. The van der Waals surface area contributed by atoms with E-state index in [1.54, 1.807) is 43.7 Å². The summed E-state index contributed by atoms with van der Waals surface area (Å²) in [5.41, 5.74) is 1.45. The second kappa shape index (κ2) is 8.66. The van der Waals surface area contributed by atoms with Gasteiger partial charge in [0.05, 0.1) is 19.1 Å². The number of carbonyl (C=O) groups excluding carboxylic acids is 1. The van der Waals surface area contributed by atoms with Crippen molar-refractivity contribution in [1.82, 2.24) is 9.88 Å². The molecular weight excluding hydrogens is 354 g/mol. The van der Waals surface area contributed by atoms with E-state index in [0.29, 0.717) is 24.4 Å². The Labute approximate surface area is 154 Å². The van der Waals surface area contributed by atoms with Gasteiger partial charge in [0.15, 0.2) is 0 Å². The molecule has 2 rings (SSSR count). The SMILES string of the molecule is COc1cccc(N(CC(=O)N(C)CCc2ccncc2)S(C)(=O)=O)c1. The molecule has 0 fully saturated rings. The standard InChI is InChI=1S/C18H23N3O4S/c1-20(12-9-15-7-10-19-11-8-15)18(22)14-21(26(3,23)24)16-5-4-6-17(13-16)25-2/h4-8,10-11,13H,9,12,14H2,1-3H3. The van der Waals surface area contributed by atoms with Crippen LogP contribution in [0.3, 0.4) is 0 Å². The molecule has 0 saturated carbocycles. The molecule has 0 atom stereocenters. The summed E-state index contributed by atoms with van der Waals surface area (Å²) in [5, 5.41) is 0. The van der Waals surface area contributed by atoms with Crippen LogP contribution >= 0.6 is 0 Å². The number of anilines is 1. The van der Waals surface area contributed by atoms with Gasteiger partial charge in [-0.2, -0.15) is 0 Å². The van der Waals surface area contributed by atoms with Crippen LogP contribution in [0.1, 0.15) is 5.56 Å². The van der Waals surface area contributed by atoms with Crippen LogP contribution in [0, 0.1) is 0 Å². The number of aromatic nitrogens is 1. The lowest BCUT2D eigenvalue weighted by Crippen LogP contribution is -2.41. The number of hydrogen-bond acceptors (Lipinski definition) is 5. The predicted molar refractivity (Wildman–Crippen MR) is 101 cm³/mol. The van der Waals surface area contributed by atoms with Crippen molar-refractivity contribution in [1.29, 1.82) is 0 Å². The normalized spacial score (nSPS) is 11.0. The van der Waals surface area contributed by atoms with Gasteiger partial charge in [0, 0.05) is 32.1 Å². The molecule has 1 aromatic heterocycles. The molecule has 2 aromatic rings. The Morgan fingerprint density at radius 3 is 2.50 bits per heavy atom. The zero-order valence-electron chi connectivity index (χ0n) is 15.1. The van der Waals surface area contributed by atoms with Crippen molar-refractivity contribution in [2.45, 2.75) is 6.42 Å². The van der Waals surface area contributed by atoms with Gasteiger partial charge in [-0.25, -0.2) is 8.42 Å². The fourth-order valence-corrected chi connectivity index (χ4v) is 3.22. The number of nitrogens with zero attached hydrogens (tertiary/aromatic N) is 3. The minimum Gasteiger partial charge on any atom is -0.497 e. The molecule has 1 heterocycles. The first kappa shape index (κ1) is 19.7. The van der Waals surface area contributed by atoms with E-state index in [9.17, 15) is 13.2 Å². The number of hydrogen-bond donors (Lipinski definition) is 0. The van der Waals surface area contributed by atoms with Gasteiger partial charge in [-0.15, -0.1) is 0 Å². The second-order valence-corrected chi connectivity index (χ2v) is 7.80. The van der Waals surface area contributed by atoms with Crippen molar-refractivity contribution in [2.75, 3.05) is 37.8 Å². The van der Waals surface area contributed by atoms with Gasteiger partial charge in [-0.1, -0.05) is 6.07 Å². The molecule has 0 N–H and O–H groups in total. The fourth-order valence-electron chi connectivity index (χ4n) is 2.38. The molecular formula is C18H23N3O4S. The molecule has 1 amide bonds. The van der Waals surface area contributed by atoms with Crippen molar-refractivity contribution in [3.05, 3.63) is 54.4 Å². The van der Waals surface area contributed by atoms with Crippen molar-refractivity contribution < 1.29 is 17.9 Å². The molecule has 140 valence electrons. The maximum Gasteiger partial charge on any atom is 0.243 e. The van der Waals surface area contributed by atoms with Gasteiger partial charge in [0.25, 0.3) is 0 Å². The Kier molecular flexibility index (Phi) is 6.57. The highest BCUT2D eigenvalue weighted by Crippen LogP contribution is 2.23. The molecule has 0 unspecified atom stereocenters. The van der Waals surface area contributed by atoms with Crippen LogP contribution in [0.2, 0.25) is 0 Å². The summed E-state index contributed by atoms with van der Waals surface area (Å²) in [6.07, 6.45) is 5.15. The number of ether oxygens (including phenoxy) is 1. The number of rotatable bonds is 8. The number of methoxy groups -OCH3 is 1. The smallest absolute Gasteiger partial charge is 0.243 e. The molecule has 0 aliphatic carbocycles. The quantitative estimate of drug-likeness (QED) is 0.697. The van der Waals surface area contributed by atoms with E-state index in [-0.39, 0.29) is 12.5 Å². The highest BCUT2D eigenvalue weighted by Gasteiger charge is 2.23. The van der Waals surface area contributed by atoms with Gasteiger partial charge < -0.3 is 9.64 Å². The first-order valence-corrected chi connectivity index (χ1v) is 9.90. The van der Waals surface area contributed by atoms with E-state index in [0.717, 1.165) is 16.1 Å². The first-order chi connectivity index (χ1) is 12.3. The predicted octanol–water partition coefficient (Wildman–Crippen LogP) is 1.56. The van der Waals surface area contributed by atoms with Crippen molar-refractivity contribution in [3.63, 3.8) is 0 Å². The molecule has 0 aliphatic rings. The highest BCUT2D eigenvalue weighted by molar-refractivity contribution is 7.92. The zero-order chi connectivity index (χ0) is 19.2. The molecule has 1 aromatic carbocycles. The van der Waals surface area contributed by atoms with E-state index in [4.69, 9.17) is 4.74 Å². The molecule has 0 bridgehead atoms. The molecule has 0 radical (unpaired) electrons. The second-order valence-electron chi connectivity index (χ2n) is 5.89. The molecule has 0 saturated heterocycles. The van der Waals surface area contributed by atoms with E-state index < -0.39 is 10.0 Å². The average molecular weight is 377 g/mol. The lowest BCUT2D eigenvalue weighted by Gasteiger charge is -2.25. The van der Waals surface area contributed by atoms with Crippen LogP contribution in [0.15, 0.2) is 48.8 Å². The van der Waals surface area contributed by atoms with Crippen LogP contribution in [0.25, 0.3) is 0 Å². The molecule has 26 heavy (non-hydrogen) atoms. The van der Waals surface area contributed by atoms with E-state index in [1.807, 2.05) is 12.1 Å². The number of sulfonamides is 1. The summed E-state index contributed by atoms with van der Waals surface area (Å²) < 4.78 is 30.6. The summed E-state index contributed by atoms with van der Waals surface area (Å²) in [5.74, 6) is 0.238. The largest absolute Gasteiger partial charge is 0.497 e. The van der Waals surface area contributed by atoms with Crippen LogP contribution in [-0.2, 0) is 21.2 Å². The summed E-state index contributed by atoms with van der Waals surface area (Å²) in [4.78, 5) is 18.0. The molecule has 0 aliphatic heterocycles. The Hall–Kier alpha value is -2.61. The van der Waals surface area contributed by atoms with Gasteiger partial charge in [-0.05, 0) is 36.2 Å². The topological polar surface area (TPSA) is 79.8 Å². The monoisotopic (exact) mass is 377 g/mol. The number of carbonyl (C=O) groups is 1. The number of benzene rings is 1. The van der Waals surface area contributed by atoms with Crippen molar-refractivity contribution in [2.24, 2.45) is 0 Å². The molecule has 0 spiro atoms. The third kappa shape index (κ3) is 5.45. The lowest BCUT2D eigenvalue weighted by atomic mass is 10.2. The van der Waals surface area contributed by atoms with E-state index in [2.05, 4.69) is 4.98 Å². The van der Waals surface area contributed by atoms with Crippen LogP contribution in [-0.4, -0.2) is 57.7 Å². The maximum atomic E-state index is 12.5. The third-order valence-electron chi connectivity index (χ3n) is 3.93. The fraction of sp³-hybridized carbons (Fsp3) is 0.333. The minimum absolute atomic E-state index is 0.265. The van der Waals surface area contributed by atoms with Gasteiger partial charge in [0.1, 0.15) is 12.3 Å². The average Bonchev–Trinajstić information content (AvgIpc) is 2.63. The maximum absolute atomic E-state index is 12.5.